The van der Waals surface area contributed by atoms with Crippen LogP contribution in [0.15, 0.2) is 4.99 Å². The molecule has 1 unspecified atom stereocenters. The third kappa shape index (κ3) is 2.90. The van der Waals surface area contributed by atoms with Gasteiger partial charge in [-0.15, -0.1) is 0 Å². The summed E-state index contributed by atoms with van der Waals surface area (Å²) in [6, 6.07) is 0. The lowest BCUT2D eigenvalue weighted by Gasteiger charge is -2.15. The molecule has 5 heteroatoms. The predicted octanol–water partition coefficient (Wildman–Crippen LogP) is -0.110. The summed E-state index contributed by atoms with van der Waals surface area (Å²) in [7, 11) is 0. The predicted molar refractivity (Wildman–Crippen MR) is 40.2 cm³/mol. The van der Waals surface area contributed by atoms with E-state index in [-0.39, 0.29) is 12.3 Å². The largest absolute Gasteiger partial charge is 0.479 e. The van der Waals surface area contributed by atoms with Crippen LogP contribution >= 0.6 is 0 Å². The minimum Gasteiger partial charge on any atom is -0.479 e. The maximum atomic E-state index is 10.3. The van der Waals surface area contributed by atoms with Gasteiger partial charge in [-0.3, -0.25) is 5.41 Å². The van der Waals surface area contributed by atoms with Gasteiger partial charge in [0.25, 0.3) is 0 Å². The second-order valence-electron chi connectivity index (χ2n) is 2.36. The van der Waals surface area contributed by atoms with Crippen molar-refractivity contribution in [3.63, 3.8) is 0 Å². The van der Waals surface area contributed by atoms with Gasteiger partial charge in [-0.25, -0.2) is 9.79 Å². The number of rotatable bonds is 3. The van der Waals surface area contributed by atoms with Crippen LogP contribution in [0.5, 0.6) is 0 Å². The summed E-state index contributed by atoms with van der Waals surface area (Å²) in [5, 5.41) is 24.4. The molecule has 3 N–H and O–H groups in total. The van der Waals surface area contributed by atoms with Crippen molar-refractivity contribution in [3.8, 4) is 0 Å². The van der Waals surface area contributed by atoms with E-state index < -0.39 is 11.6 Å². The molecule has 62 valence electrons. The van der Waals surface area contributed by atoms with Crippen LogP contribution < -0.4 is 0 Å². The topological polar surface area (TPSA) is 93.7 Å². The monoisotopic (exact) mass is 158 g/mol. The molecule has 0 aliphatic rings. The van der Waals surface area contributed by atoms with Crippen molar-refractivity contribution < 1.29 is 15.0 Å². The molecule has 0 fully saturated rings. The standard InChI is InChI=1S/C6H10N2O3/c1-6(11,5(9)10)3-4(7)8-2/h7,11H,2-3H2,1H3,(H,9,10). The molecule has 0 rings (SSSR count). The number of aliphatic hydroxyl groups is 1. The van der Waals surface area contributed by atoms with Gasteiger partial charge in [-0.2, -0.15) is 0 Å². The molecule has 1 atom stereocenters. The zero-order valence-corrected chi connectivity index (χ0v) is 6.16. The van der Waals surface area contributed by atoms with Crippen molar-refractivity contribution in [1.29, 1.82) is 5.41 Å². The van der Waals surface area contributed by atoms with Crippen LogP contribution in [0.1, 0.15) is 13.3 Å². The first kappa shape index (κ1) is 9.77. The molecule has 0 aliphatic carbocycles. The Balaban J connectivity index is 4.23. The van der Waals surface area contributed by atoms with E-state index in [2.05, 4.69) is 11.7 Å². The summed E-state index contributed by atoms with van der Waals surface area (Å²) in [5.41, 5.74) is -1.92. The van der Waals surface area contributed by atoms with Crippen LogP contribution in [0, 0.1) is 5.41 Å². The van der Waals surface area contributed by atoms with Gasteiger partial charge < -0.3 is 10.2 Å². The highest BCUT2D eigenvalue weighted by Gasteiger charge is 2.30. The summed E-state index contributed by atoms with van der Waals surface area (Å²) in [4.78, 5) is 13.4. The Hall–Kier alpha value is -1.23. The number of aliphatic imine (C=N–C) groups is 1. The zero-order chi connectivity index (χ0) is 9.07. The molecule has 0 aromatic heterocycles. The summed E-state index contributed by atoms with van der Waals surface area (Å²) < 4.78 is 0. The van der Waals surface area contributed by atoms with Crippen LogP contribution in [0.4, 0.5) is 0 Å². The molecule has 0 saturated carbocycles. The first-order valence-electron chi connectivity index (χ1n) is 2.90. The Morgan fingerprint density at radius 3 is 2.55 bits per heavy atom. The van der Waals surface area contributed by atoms with E-state index in [0.29, 0.717) is 0 Å². The van der Waals surface area contributed by atoms with Gasteiger partial charge in [0.05, 0.1) is 0 Å². The first-order chi connectivity index (χ1) is 4.90. The molecule has 11 heavy (non-hydrogen) atoms. The van der Waals surface area contributed by atoms with Crippen LogP contribution in [0.3, 0.4) is 0 Å². The van der Waals surface area contributed by atoms with Crippen molar-refractivity contribution in [2.75, 3.05) is 0 Å². The van der Waals surface area contributed by atoms with E-state index in [1.807, 2.05) is 0 Å². The fourth-order valence-electron chi connectivity index (χ4n) is 0.458. The summed E-state index contributed by atoms with van der Waals surface area (Å²) in [6.07, 6.45) is -0.328. The minimum absolute atomic E-state index is 0.239. The highest BCUT2D eigenvalue weighted by molar-refractivity contribution is 5.89. The highest BCUT2D eigenvalue weighted by atomic mass is 16.4. The number of nitrogens with zero attached hydrogens (tertiary/aromatic N) is 1. The van der Waals surface area contributed by atoms with Gasteiger partial charge in [0.15, 0.2) is 5.60 Å². The molecular formula is C6H10N2O3. The summed E-state index contributed by atoms with van der Waals surface area (Å²) in [5.74, 6) is -1.61. The lowest BCUT2D eigenvalue weighted by atomic mass is 10.0. The quantitative estimate of drug-likeness (QED) is 0.395. The number of amidine groups is 1. The van der Waals surface area contributed by atoms with Crippen LogP contribution in [-0.2, 0) is 4.79 Å². The molecule has 0 aromatic carbocycles. The molecular weight excluding hydrogens is 148 g/mol. The maximum absolute atomic E-state index is 10.3. The number of nitrogens with one attached hydrogen (secondary N) is 1. The maximum Gasteiger partial charge on any atom is 0.335 e. The van der Waals surface area contributed by atoms with E-state index in [1.165, 1.54) is 0 Å². The Morgan fingerprint density at radius 1 is 1.82 bits per heavy atom. The van der Waals surface area contributed by atoms with Crippen molar-refractivity contribution in [1.82, 2.24) is 0 Å². The van der Waals surface area contributed by atoms with Crippen molar-refractivity contribution >= 4 is 18.5 Å². The number of carboxylic acids is 1. The number of carboxylic acid groups (broad SMARTS) is 1. The average Bonchev–Trinajstić information content (AvgIpc) is 1.86. The lowest BCUT2D eigenvalue weighted by Crippen LogP contribution is -2.36. The molecule has 0 bridgehead atoms. The third-order valence-electron chi connectivity index (χ3n) is 1.16. The molecule has 0 aromatic rings. The minimum atomic E-state index is -1.92. The molecule has 0 amide bonds. The molecule has 5 nitrogen and oxygen atoms in total. The fraction of sp³-hybridized carbons (Fsp3) is 0.500. The SMILES string of the molecule is C=NC(=N)CC(C)(O)C(=O)O. The van der Waals surface area contributed by atoms with E-state index in [0.717, 1.165) is 6.92 Å². The van der Waals surface area contributed by atoms with Gasteiger partial charge in [0, 0.05) is 6.42 Å². The lowest BCUT2D eigenvalue weighted by molar-refractivity contribution is -0.155. The third-order valence-corrected chi connectivity index (χ3v) is 1.16. The van der Waals surface area contributed by atoms with Crippen LogP contribution in [-0.4, -0.2) is 34.3 Å². The number of hydrogen-bond donors (Lipinski definition) is 3. The smallest absolute Gasteiger partial charge is 0.335 e. The Bertz CT molecular complexity index is 198. The van der Waals surface area contributed by atoms with Crippen LogP contribution in [0.25, 0.3) is 0 Å². The van der Waals surface area contributed by atoms with Gasteiger partial charge in [-0.1, -0.05) is 0 Å². The second-order valence-corrected chi connectivity index (χ2v) is 2.36. The molecule has 0 spiro atoms. The van der Waals surface area contributed by atoms with Gasteiger partial charge in [0.1, 0.15) is 5.84 Å². The molecule has 0 heterocycles. The second kappa shape index (κ2) is 3.25. The molecule has 0 aliphatic heterocycles. The van der Waals surface area contributed by atoms with Crippen molar-refractivity contribution in [3.05, 3.63) is 0 Å². The van der Waals surface area contributed by atoms with E-state index >= 15 is 0 Å². The van der Waals surface area contributed by atoms with Gasteiger partial charge in [0.2, 0.25) is 0 Å². The highest BCUT2D eigenvalue weighted by Crippen LogP contribution is 2.09. The summed E-state index contributed by atoms with van der Waals surface area (Å²) in [6.45, 7) is 4.13. The molecule has 0 radical (unpaired) electrons. The van der Waals surface area contributed by atoms with Crippen LogP contribution in [0.2, 0.25) is 0 Å². The van der Waals surface area contributed by atoms with Crippen molar-refractivity contribution in [2.45, 2.75) is 18.9 Å². The zero-order valence-electron chi connectivity index (χ0n) is 6.16. The number of aliphatic carboxylic acids is 1. The molecule has 0 saturated heterocycles. The van der Waals surface area contributed by atoms with E-state index in [1.54, 1.807) is 0 Å². The average molecular weight is 158 g/mol. The normalized spacial score (nSPS) is 15.1. The van der Waals surface area contributed by atoms with Gasteiger partial charge in [-0.05, 0) is 13.6 Å². The van der Waals surface area contributed by atoms with Gasteiger partial charge >= 0.3 is 5.97 Å². The van der Waals surface area contributed by atoms with E-state index in [9.17, 15) is 4.79 Å². The summed E-state index contributed by atoms with van der Waals surface area (Å²) >= 11 is 0. The Labute approximate surface area is 63.9 Å². The number of carbonyl (C=O) groups is 1. The van der Waals surface area contributed by atoms with E-state index in [4.69, 9.17) is 15.6 Å². The Morgan fingerprint density at radius 2 is 2.27 bits per heavy atom. The first-order valence-corrected chi connectivity index (χ1v) is 2.90. The Kier molecular flexibility index (Phi) is 2.88. The van der Waals surface area contributed by atoms with Crippen molar-refractivity contribution in [2.24, 2.45) is 4.99 Å². The number of hydrogen-bond acceptors (Lipinski definition) is 3. The fourth-order valence-corrected chi connectivity index (χ4v) is 0.458.